The molecule has 0 aliphatic heterocycles. The summed E-state index contributed by atoms with van der Waals surface area (Å²) >= 11 is 0. The molecular formula is C18H21N5O3S. The van der Waals surface area contributed by atoms with Crippen molar-refractivity contribution in [3.05, 3.63) is 65.5 Å². The van der Waals surface area contributed by atoms with Gasteiger partial charge >= 0.3 is 0 Å². The summed E-state index contributed by atoms with van der Waals surface area (Å²) < 4.78 is 25.6. The summed E-state index contributed by atoms with van der Waals surface area (Å²) in [5, 5.41) is 6.63. The first-order valence-electron chi connectivity index (χ1n) is 8.44. The van der Waals surface area contributed by atoms with Crippen LogP contribution in [-0.4, -0.2) is 38.2 Å². The smallest absolute Gasteiger partial charge is 0.272 e. The van der Waals surface area contributed by atoms with Crippen molar-refractivity contribution in [1.82, 2.24) is 24.5 Å². The first kappa shape index (κ1) is 19.0. The lowest BCUT2D eigenvalue weighted by atomic mass is 9.98. The molecule has 1 unspecified atom stereocenters. The predicted octanol–water partition coefficient (Wildman–Crippen LogP) is 1.75. The zero-order valence-corrected chi connectivity index (χ0v) is 16.2. The van der Waals surface area contributed by atoms with E-state index in [1.54, 1.807) is 31.5 Å². The molecule has 1 atom stereocenters. The van der Waals surface area contributed by atoms with Gasteiger partial charge in [-0.3, -0.25) is 14.8 Å². The van der Waals surface area contributed by atoms with Crippen LogP contribution in [0.3, 0.4) is 0 Å². The Bertz CT molecular complexity index is 1020. The molecule has 2 aromatic rings. The zero-order valence-electron chi connectivity index (χ0n) is 15.4. The van der Waals surface area contributed by atoms with Crippen LogP contribution in [0.5, 0.6) is 0 Å². The van der Waals surface area contributed by atoms with Crippen LogP contribution in [0.2, 0.25) is 0 Å². The lowest BCUT2D eigenvalue weighted by molar-refractivity contribution is 0.0945. The van der Waals surface area contributed by atoms with Gasteiger partial charge in [-0.25, -0.2) is 8.42 Å². The number of aryl methyl sites for hydroxylation is 1. The van der Waals surface area contributed by atoms with Crippen LogP contribution in [0.4, 0.5) is 0 Å². The Morgan fingerprint density at radius 3 is 2.70 bits per heavy atom. The Morgan fingerprint density at radius 2 is 2.07 bits per heavy atom. The summed E-state index contributed by atoms with van der Waals surface area (Å²) in [6.45, 7) is 5.55. The highest BCUT2D eigenvalue weighted by Gasteiger charge is 2.39. The number of carbonyl (C=O) groups is 1. The molecule has 1 aliphatic carbocycles. The molecule has 9 heteroatoms. The molecule has 0 spiro atoms. The quantitative estimate of drug-likeness (QED) is 0.838. The maximum Gasteiger partial charge on any atom is 0.272 e. The van der Waals surface area contributed by atoms with Gasteiger partial charge < -0.3 is 5.32 Å². The van der Waals surface area contributed by atoms with Gasteiger partial charge in [0, 0.05) is 12.4 Å². The Morgan fingerprint density at radius 1 is 1.30 bits per heavy atom. The third-order valence-electron chi connectivity index (χ3n) is 4.43. The molecule has 1 amide bonds. The molecule has 0 saturated carbocycles. The van der Waals surface area contributed by atoms with Gasteiger partial charge in [0.15, 0.2) is 5.69 Å². The van der Waals surface area contributed by atoms with Crippen LogP contribution in [0.15, 0.2) is 48.5 Å². The van der Waals surface area contributed by atoms with E-state index in [0.29, 0.717) is 12.1 Å². The van der Waals surface area contributed by atoms with E-state index in [4.69, 9.17) is 0 Å². The molecule has 1 N–H and O–H groups in total. The molecule has 142 valence electrons. The topological polar surface area (TPSA) is 107 Å². The van der Waals surface area contributed by atoms with Gasteiger partial charge in [-0.05, 0) is 33.3 Å². The highest BCUT2D eigenvalue weighted by molar-refractivity contribution is 7.91. The third-order valence-corrected chi connectivity index (χ3v) is 6.60. The van der Waals surface area contributed by atoms with Gasteiger partial charge in [-0.2, -0.15) is 9.19 Å². The number of rotatable bonds is 5. The summed E-state index contributed by atoms with van der Waals surface area (Å²) in [4.78, 5) is 20.5. The highest BCUT2D eigenvalue weighted by atomic mass is 32.2. The number of allylic oxidation sites excluding steroid dienone is 3. The SMILES string of the molecule is CC1=CCC(C)(S(=O)(=O)n2ccc(C(=O)NCc3cnc(C)cn3)n2)C=C1. The van der Waals surface area contributed by atoms with Gasteiger partial charge in [0.1, 0.15) is 4.75 Å². The average molecular weight is 387 g/mol. The number of nitrogens with zero attached hydrogens (tertiary/aromatic N) is 4. The Balaban J connectivity index is 1.73. The van der Waals surface area contributed by atoms with Gasteiger partial charge in [-0.1, -0.05) is 23.8 Å². The number of carbonyl (C=O) groups excluding carboxylic acids is 1. The van der Waals surface area contributed by atoms with Crippen molar-refractivity contribution in [2.24, 2.45) is 0 Å². The second-order valence-corrected chi connectivity index (χ2v) is 8.97. The van der Waals surface area contributed by atoms with Crippen molar-refractivity contribution >= 4 is 15.9 Å². The monoisotopic (exact) mass is 387 g/mol. The first-order valence-corrected chi connectivity index (χ1v) is 9.88. The van der Waals surface area contributed by atoms with E-state index >= 15 is 0 Å². The lowest BCUT2D eigenvalue weighted by Gasteiger charge is -2.26. The van der Waals surface area contributed by atoms with Crippen molar-refractivity contribution < 1.29 is 13.2 Å². The molecule has 0 radical (unpaired) electrons. The molecule has 1 aliphatic rings. The van der Waals surface area contributed by atoms with Crippen molar-refractivity contribution in [3.8, 4) is 0 Å². The van der Waals surface area contributed by atoms with E-state index in [1.165, 1.54) is 12.3 Å². The lowest BCUT2D eigenvalue weighted by Crippen LogP contribution is -2.38. The molecule has 2 heterocycles. The maximum absolute atomic E-state index is 12.9. The van der Waals surface area contributed by atoms with Gasteiger partial charge in [-0.15, -0.1) is 0 Å². The number of aromatic nitrogens is 4. The number of amides is 1. The van der Waals surface area contributed by atoms with E-state index in [1.807, 2.05) is 19.9 Å². The number of nitrogens with one attached hydrogen (secondary N) is 1. The van der Waals surface area contributed by atoms with Crippen LogP contribution in [0, 0.1) is 6.92 Å². The summed E-state index contributed by atoms with van der Waals surface area (Å²) in [5.41, 5.74) is 2.42. The van der Waals surface area contributed by atoms with E-state index in [9.17, 15) is 13.2 Å². The summed E-state index contributed by atoms with van der Waals surface area (Å²) in [6, 6.07) is 1.38. The minimum absolute atomic E-state index is 0.0220. The summed E-state index contributed by atoms with van der Waals surface area (Å²) in [6.07, 6.45) is 10.1. The molecule has 0 saturated heterocycles. The Labute approximate surface area is 158 Å². The van der Waals surface area contributed by atoms with Crippen LogP contribution in [0.25, 0.3) is 0 Å². The van der Waals surface area contributed by atoms with Gasteiger partial charge in [0.05, 0.1) is 24.1 Å². The van der Waals surface area contributed by atoms with Crippen LogP contribution in [0.1, 0.15) is 42.1 Å². The largest absolute Gasteiger partial charge is 0.345 e. The van der Waals surface area contributed by atoms with E-state index in [2.05, 4.69) is 20.4 Å². The predicted molar refractivity (Wildman–Crippen MR) is 100 cm³/mol. The molecule has 0 fully saturated rings. The molecule has 2 aromatic heterocycles. The molecule has 0 bridgehead atoms. The minimum atomic E-state index is -3.80. The zero-order chi connectivity index (χ0) is 19.7. The summed E-state index contributed by atoms with van der Waals surface area (Å²) in [7, 11) is -3.80. The van der Waals surface area contributed by atoms with Crippen LogP contribution in [-0.2, 0) is 16.6 Å². The molecule has 8 nitrogen and oxygen atoms in total. The standard InChI is InChI=1S/C18H21N5O3S/c1-13-4-7-18(3,8-5-13)27(25,26)23-9-6-16(22-23)17(24)21-12-15-11-19-14(2)10-20-15/h4-7,9-11H,8,12H2,1-3H3,(H,21,24). The fourth-order valence-electron chi connectivity index (χ4n) is 2.55. The van der Waals surface area contributed by atoms with E-state index in [-0.39, 0.29) is 12.2 Å². The Hall–Kier alpha value is -2.81. The number of hydrogen-bond donors (Lipinski definition) is 1. The van der Waals surface area contributed by atoms with Crippen LogP contribution < -0.4 is 5.32 Å². The van der Waals surface area contributed by atoms with Crippen molar-refractivity contribution in [2.75, 3.05) is 0 Å². The van der Waals surface area contributed by atoms with Gasteiger partial charge in [0.25, 0.3) is 15.9 Å². The van der Waals surface area contributed by atoms with E-state index in [0.717, 1.165) is 15.4 Å². The van der Waals surface area contributed by atoms with Crippen molar-refractivity contribution in [3.63, 3.8) is 0 Å². The molecular weight excluding hydrogens is 366 g/mol. The second-order valence-electron chi connectivity index (χ2n) is 6.71. The van der Waals surface area contributed by atoms with Crippen molar-refractivity contribution in [2.45, 2.75) is 38.5 Å². The first-order chi connectivity index (χ1) is 12.7. The summed E-state index contributed by atoms with van der Waals surface area (Å²) in [5.74, 6) is -0.480. The fourth-order valence-corrected chi connectivity index (χ4v) is 3.92. The normalized spacial score (nSPS) is 19.6. The van der Waals surface area contributed by atoms with Gasteiger partial charge in [0.2, 0.25) is 0 Å². The van der Waals surface area contributed by atoms with Crippen LogP contribution >= 0.6 is 0 Å². The second kappa shape index (κ2) is 7.07. The van der Waals surface area contributed by atoms with E-state index < -0.39 is 20.7 Å². The third kappa shape index (κ3) is 3.82. The highest BCUT2D eigenvalue weighted by Crippen LogP contribution is 2.30. The minimum Gasteiger partial charge on any atom is -0.345 e. The maximum atomic E-state index is 12.9. The molecule has 0 aromatic carbocycles. The Kier molecular flexibility index (Phi) is 4.97. The molecule has 27 heavy (non-hydrogen) atoms. The number of hydrogen-bond acceptors (Lipinski definition) is 6. The molecule has 3 rings (SSSR count). The fraction of sp³-hybridized carbons (Fsp3) is 0.333. The van der Waals surface area contributed by atoms with Crippen molar-refractivity contribution in [1.29, 1.82) is 0 Å². The average Bonchev–Trinajstić information content (AvgIpc) is 3.14.